The summed E-state index contributed by atoms with van der Waals surface area (Å²) in [6, 6.07) is 6.95. The summed E-state index contributed by atoms with van der Waals surface area (Å²) in [7, 11) is 0. The molecule has 1 unspecified atom stereocenters. The molecule has 1 N–H and O–H groups in total. The Labute approximate surface area is 150 Å². The maximum Gasteiger partial charge on any atom is 0.339 e. The number of hydrogen-bond acceptors (Lipinski definition) is 6. The number of amides is 1. The molecule has 1 fully saturated rings. The Hall–Kier alpha value is -2.41. The molecule has 0 radical (unpaired) electrons. The van der Waals surface area contributed by atoms with Gasteiger partial charge in [-0.25, -0.2) is 9.78 Å². The first-order valence-corrected chi connectivity index (χ1v) is 9.04. The molecule has 0 bridgehead atoms. The lowest BCUT2D eigenvalue weighted by molar-refractivity contribution is -0.129. The minimum atomic E-state index is -0.823. The quantitative estimate of drug-likeness (QED) is 0.768. The number of nitrogens with one attached hydrogen (secondary N) is 1. The van der Waals surface area contributed by atoms with Gasteiger partial charge in [0.15, 0.2) is 6.10 Å². The molecule has 0 aliphatic heterocycles. The molecule has 1 heterocycles. The summed E-state index contributed by atoms with van der Waals surface area (Å²) in [5.74, 6) is -0.259. The van der Waals surface area contributed by atoms with Crippen molar-refractivity contribution in [3.8, 4) is 5.75 Å². The predicted molar refractivity (Wildman–Crippen MR) is 93.7 cm³/mol. The van der Waals surface area contributed by atoms with Crippen LogP contribution < -0.4 is 10.1 Å². The average molecular weight is 360 g/mol. The number of thiazole rings is 1. The fourth-order valence-corrected chi connectivity index (χ4v) is 2.77. The van der Waals surface area contributed by atoms with Gasteiger partial charge in [-0.3, -0.25) is 4.79 Å². The molecular formula is C18H20N2O4S. The van der Waals surface area contributed by atoms with E-state index in [2.05, 4.69) is 10.3 Å². The number of benzene rings is 1. The Morgan fingerprint density at radius 2 is 2.20 bits per heavy atom. The number of hydrogen-bond donors (Lipinski definition) is 1. The molecule has 7 heteroatoms. The first-order valence-electron chi connectivity index (χ1n) is 8.16. The van der Waals surface area contributed by atoms with Gasteiger partial charge in [0.2, 0.25) is 0 Å². The van der Waals surface area contributed by atoms with Crippen molar-refractivity contribution in [3.05, 3.63) is 45.9 Å². The van der Waals surface area contributed by atoms with Crippen LogP contribution in [-0.2, 0) is 16.1 Å². The van der Waals surface area contributed by atoms with Crippen molar-refractivity contribution in [1.29, 1.82) is 0 Å². The maximum absolute atomic E-state index is 12.2. The molecule has 2 aromatic rings. The van der Waals surface area contributed by atoms with Gasteiger partial charge in [-0.2, -0.15) is 0 Å². The number of aryl methyl sites for hydroxylation is 1. The van der Waals surface area contributed by atoms with E-state index >= 15 is 0 Å². The van der Waals surface area contributed by atoms with Gasteiger partial charge in [-0.05, 0) is 44.9 Å². The highest BCUT2D eigenvalue weighted by Crippen LogP contribution is 2.20. The van der Waals surface area contributed by atoms with Gasteiger partial charge in [-0.15, -0.1) is 11.3 Å². The van der Waals surface area contributed by atoms with E-state index in [-0.39, 0.29) is 11.9 Å². The van der Waals surface area contributed by atoms with Gasteiger partial charge in [-0.1, -0.05) is 6.07 Å². The van der Waals surface area contributed by atoms with Gasteiger partial charge >= 0.3 is 5.97 Å². The molecule has 0 spiro atoms. The van der Waals surface area contributed by atoms with E-state index in [0.717, 1.165) is 23.5 Å². The van der Waals surface area contributed by atoms with E-state index in [1.807, 2.05) is 12.3 Å². The summed E-state index contributed by atoms with van der Waals surface area (Å²) in [6.45, 7) is 3.84. The summed E-state index contributed by atoms with van der Waals surface area (Å²) >= 11 is 1.56. The Bertz CT molecular complexity index is 770. The number of nitrogens with zero attached hydrogens (tertiary/aromatic N) is 1. The van der Waals surface area contributed by atoms with Crippen LogP contribution in [0.3, 0.4) is 0 Å². The molecule has 1 saturated carbocycles. The molecule has 6 nitrogen and oxygen atoms in total. The Morgan fingerprint density at radius 1 is 1.40 bits per heavy atom. The van der Waals surface area contributed by atoms with E-state index in [1.54, 1.807) is 42.5 Å². The van der Waals surface area contributed by atoms with E-state index in [1.165, 1.54) is 0 Å². The summed E-state index contributed by atoms with van der Waals surface area (Å²) in [4.78, 5) is 28.4. The Morgan fingerprint density at radius 3 is 2.88 bits per heavy atom. The van der Waals surface area contributed by atoms with Crippen LogP contribution >= 0.6 is 11.3 Å². The molecule has 132 valence electrons. The van der Waals surface area contributed by atoms with Gasteiger partial charge < -0.3 is 14.8 Å². The molecule has 1 aromatic heterocycles. The minimum absolute atomic E-state index is 0.236. The molecule has 1 aromatic carbocycles. The summed E-state index contributed by atoms with van der Waals surface area (Å²) in [5, 5.41) is 5.73. The zero-order valence-electron chi connectivity index (χ0n) is 14.2. The van der Waals surface area contributed by atoms with Crippen LogP contribution in [0.15, 0.2) is 29.6 Å². The molecule has 25 heavy (non-hydrogen) atoms. The maximum atomic E-state index is 12.2. The van der Waals surface area contributed by atoms with E-state index in [4.69, 9.17) is 9.47 Å². The molecule has 0 saturated heterocycles. The number of carbonyl (C=O) groups excluding carboxylic acids is 2. The van der Waals surface area contributed by atoms with Gasteiger partial charge in [0.05, 0.1) is 16.3 Å². The minimum Gasteiger partial charge on any atom is -0.487 e. The molecule has 1 atom stereocenters. The van der Waals surface area contributed by atoms with Crippen LogP contribution in [0.5, 0.6) is 5.75 Å². The van der Waals surface area contributed by atoms with Gasteiger partial charge in [0.25, 0.3) is 5.91 Å². The number of ether oxygens (including phenoxy) is 2. The highest BCUT2D eigenvalue weighted by atomic mass is 32.1. The van der Waals surface area contributed by atoms with Crippen molar-refractivity contribution in [2.24, 2.45) is 0 Å². The lowest BCUT2D eigenvalue weighted by atomic mass is 10.2. The molecule has 1 amide bonds. The second-order valence-electron chi connectivity index (χ2n) is 6.00. The largest absolute Gasteiger partial charge is 0.487 e. The smallest absolute Gasteiger partial charge is 0.339 e. The third kappa shape index (κ3) is 5.03. The average Bonchev–Trinajstić information content (AvgIpc) is 3.32. The highest BCUT2D eigenvalue weighted by molar-refractivity contribution is 7.09. The SMILES string of the molecule is Cc1nc(COc2cccc(C(=O)OC(C)C(=O)NC3CC3)c2)cs1. The van der Waals surface area contributed by atoms with Crippen LogP contribution in [-0.4, -0.2) is 29.0 Å². The third-order valence-electron chi connectivity index (χ3n) is 3.70. The molecular weight excluding hydrogens is 340 g/mol. The Kier molecular flexibility index (Phi) is 5.33. The zero-order chi connectivity index (χ0) is 17.8. The van der Waals surface area contributed by atoms with Crippen molar-refractivity contribution in [2.75, 3.05) is 0 Å². The van der Waals surface area contributed by atoms with Crippen LogP contribution in [0.2, 0.25) is 0 Å². The molecule has 3 rings (SSSR count). The first kappa shape index (κ1) is 17.4. The number of carbonyl (C=O) groups is 2. The van der Waals surface area contributed by atoms with Crippen molar-refractivity contribution < 1.29 is 19.1 Å². The third-order valence-corrected chi connectivity index (χ3v) is 4.52. The monoisotopic (exact) mass is 360 g/mol. The van der Waals surface area contributed by atoms with Crippen LogP contribution in [0.4, 0.5) is 0 Å². The van der Waals surface area contributed by atoms with Crippen LogP contribution in [0, 0.1) is 6.92 Å². The van der Waals surface area contributed by atoms with Crippen LogP contribution in [0.25, 0.3) is 0 Å². The standard InChI is InChI=1S/C18H20N2O4S/c1-11(17(21)20-14-6-7-14)24-18(22)13-4-3-5-16(8-13)23-9-15-10-25-12(2)19-15/h3-5,8,10-11,14H,6-7,9H2,1-2H3,(H,20,21). The Balaban J connectivity index is 1.55. The lowest BCUT2D eigenvalue weighted by Gasteiger charge is -2.13. The van der Waals surface area contributed by atoms with Gasteiger partial charge in [0.1, 0.15) is 12.4 Å². The van der Waals surface area contributed by atoms with Crippen molar-refractivity contribution in [1.82, 2.24) is 10.3 Å². The number of esters is 1. The number of aromatic nitrogens is 1. The van der Waals surface area contributed by atoms with Gasteiger partial charge in [0, 0.05) is 11.4 Å². The fourth-order valence-electron chi connectivity index (χ4n) is 2.17. The second kappa shape index (κ2) is 7.65. The first-order chi connectivity index (χ1) is 12.0. The fraction of sp³-hybridized carbons (Fsp3) is 0.389. The summed E-state index contributed by atoms with van der Waals surface area (Å²) in [6.07, 6.45) is 1.16. The number of rotatable bonds is 7. The summed E-state index contributed by atoms with van der Waals surface area (Å²) < 4.78 is 10.9. The van der Waals surface area contributed by atoms with E-state index in [9.17, 15) is 9.59 Å². The van der Waals surface area contributed by atoms with Crippen molar-refractivity contribution >= 4 is 23.2 Å². The molecule has 1 aliphatic carbocycles. The second-order valence-corrected chi connectivity index (χ2v) is 7.07. The predicted octanol–water partition coefficient (Wildman–Crippen LogP) is 2.85. The lowest BCUT2D eigenvalue weighted by Crippen LogP contribution is -2.37. The normalized spacial score (nSPS) is 14.6. The van der Waals surface area contributed by atoms with E-state index < -0.39 is 12.1 Å². The van der Waals surface area contributed by atoms with Crippen molar-refractivity contribution in [2.45, 2.75) is 45.4 Å². The molecule has 1 aliphatic rings. The highest BCUT2D eigenvalue weighted by Gasteiger charge is 2.27. The topological polar surface area (TPSA) is 77.5 Å². The summed E-state index contributed by atoms with van der Waals surface area (Å²) in [5.41, 5.74) is 1.19. The van der Waals surface area contributed by atoms with Crippen molar-refractivity contribution in [3.63, 3.8) is 0 Å². The van der Waals surface area contributed by atoms with E-state index in [0.29, 0.717) is 17.9 Å². The van der Waals surface area contributed by atoms with Crippen LogP contribution in [0.1, 0.15) is 40.8 Å². The zero-order valence-corrected chi connectivity index (χ0v) is 15.0.